The van der Waals surface area contributed by atoms with Crippen LogP contribution in [0.1, 0.15) is 26.2 Å². The molecule has 1 aliphatic rings. The second-order valence-electron chi connectivity index (χ2n) is 3.19. The number of amides is 1. The van der Waals surface area contributed by atoms with Crippen molar-refractivity contribution >= 4 is 35.3 Å². The molecule has 14 heavy (non-hydrogen) atoms. The summed E-state index contributed by atoms with van der Waals surface area (Å²) < 4.78 is 0. The van der Waals surface area contributed by atoms with E-state index in [0.717, 1.165) is 23.6 Å². The topological polar surface area (TPSA) is 66.9 Å². The van der Waals surface area contributed by atoms with Gasteiger partial charge in [0.05, 0.1) is 5.04 Å². The lowest BCUT2D eigenvalue weighted by Crippen LogP contribution is -2.20. The quantitative estimate of drug-likeness (QED) is 0.653. The van der Waals surface area contributed by atoms with Crippen LogP contribution in [-0.4, -0.2) is 22.5 Å². The maximum Gasteiger partial charge on any atom is 0.220 e. The number of nitrogens with two attached hydrogens (primary N) is 1. The summed E-state index contributed by atoms with van der Waals surface area (Å²) in [6.45, 7) is 1.80. The van der Waals surface area contributed by atoms with Crippen LogP contribution < -0.4 is 5.73 Å². The number of hydrogen-bond acceptors (Lipinski definition) is 4. The number of primary amides is 1. The average molecular weight is 234 g/mol. The molecule has 82 valence electrons. The first-order chi connectivity index (χ1) is 6.57. The molecule has 0 saturated carbocycles. The minimum Gasteiger partial charge on any atom is -0.369 e. The highest BCUT2D eigenvalue weighted by Gasteiger charge is 2.05. The van der Waals surface area contributed by atoms with Crippen molar-refractivity contribution in [1.82, 2.24) is 0 Å². The lowest BCUT2D eigenvalue weighted by Gasteiger charge is -2.01. The van der Waals surface area contributed by atoms with Crippen LogP contribution in [-0.2, 0) is 4.79 Å². The summed E-state index contributed by atoms with van der Waals surface area (Å²) >= 11 is 5.63. The van der Waals surface area contributed by atoms with Crippen LogP contribution in [0.2, 0.25) is 0 Å². The summed E-state index contributed by atoms with van der Waals surface area (Å²) in [5.41, 5.74) is 4.95. The summed E-state index contributed by atoms with van der Waals surface area (Å²) in [6, 6.07) is 0. The molecular weight excluding hydrogens is 216 g/mol. The Morgan fingerprint density at radius 2 is 2.43 bits per heavy atom. The van der Waals surface area contributed by atoms with E-state index in [1.54, 1.807) is 18.7 Å². The van der Waals surface area contributed by atoms with E-state index in [9.17, 15) is 4.79 Å². The molecule has 1 unspecified atom stereocenters. The van der Waals surface area contributed by atoms with Crippen molar-refractivity contribution in [3.05, 3.63) is 0 Å². The lowest BCUT2D eigenvalue weighted by atomic mass is 10.1. The first-order valence-corrected chi connectivity index (χ1v) is 6.30. The number of hydrogen-bond donors (Lipinski definition) is 3. The van der Waals surface area contributed by atoms with Crippen molar-refractivity contribution < 1.29 is 4.79 Å². The Morgan fingerprint density at radius 3 is 2.57 bits per heavy atom. The van der Waals surface area contributed by atoms with E-state index < -0.39 is 0 Å². The molecule has 1 fully saturated rings. The van der Waals surface area contributed by atoms with Crippen molar-refractivity contribution in [2.75, 3.05) is 11.5 Å². The van der Waals surface area contributed by atoms with Crippen molar-refractivity contribution in [2.45, 2.75) is 26.2 Å². The molecule has 0 aromatic carbocycles. The van der Waals surface area contributed by atoms with Gasteiger partial charge in [-0.3, -0.25) is 10.2 Å². The molecule has 3 nitrogen and oxygen atoms in total. The largest absolute Gasteiger partial charge is 0.369 e. The number of rotatable bonds is 3. The Balaban J connectivity index is 0.000000249. The van der Waals surface area contributed by atoms with Gasteiger partial charge in [0.1, 0.15) is 0 Å². The van der Waals surface area contributed by atoms with Crippen LogP contribution >= 0.6 is 24.4 Å². The van der Waals surface area contributed by atoms with E-state index in [-0.39, 0.29) is 11.8 Å². The number of thiol groups is 1. The first kappa shape index (κ1) is 13.8. The van der Waals surface area contributed by atoms with E-state index in [0.29, 0.717) is 0 Å². The summed E-state index contributed by atoms with van der Waals surface area (Å²) in [5, 5.41) is 7.88. The first-order valence-electron chi connectivity index (χ1n) is 4.68. The summed E-state index contributed by atoms with van der Waals surface area (Å²) in [7, 11) is 0. The molecule has 0 aromatic heterocycles. The van der Waals surface area contributed by atoms with Crippen molar-refractivity contribution in [3.8, 4) is 0 Å². The molecule has 3 N–H and O–H groups in total. The Kier molecular flexibility index (Phi) is 8.08. The van der Waals surface area contributed by atoms with Gasteiger partial charge in [0.15, 0.2) is 0 Å². The highest BCUT2D eigenvalue weighted by Crippen LogP contribution is 2.17. The Bertz CT molecular complexity index is 189. The molecule has 1 aliphatic heterocycles. The molecule has 0 aliphatic carbocycles. The van der Waals surface area contributed by atoms with E-state index in [1.165, 1.54) is 12.2 Å². The number of thioether (sulfide) groups is 1. The molecule has 5 heteroatoms. The predicted molar refractivity (Wildman–Crippen MR) is 66.2 cm³/mol. The highest BCUT2D eigenvalue weighted by molar-refractivity contribution is 8.14. The van der Waals surface area contributed by atoms with Gasteiger partial charge in [-0.2, -0.15) is 12.6 Å². The van der Waals surface area contributed by atoms with Crippen molar-refractivity contribution in [2.24, 2.45) is 11.7 Å². The molecule has 1 amide bonds. The molecule has 1 saturated heterocycles. The standard InChI is InChI=1S/C5H11NOS.C4H7NS/c1-4(2-3-8)5(6)7;5-4-2-1-3-6-4/h4,8H,2-3H2,1H3,(H2,6,7);5H,1-3H2. The second kappa shape index (κ2) is 8.17. The minimum absolute atomic E-state index is 0.0208. The molecule has 0 aromatic rings. The summed E-state index contributed by atoms with van der Waals surface area (Å²) in [4.78, 5) is 10.3. The second-order valence-corrected chi connectivity index (χ2v) is 4.83. The molecule has 0 radical (unpaired) electrons. The van der Waals surface area contributed by atoms with Gasteiger partial charge in [0.2, 0.25) is 5.91 Å². The van der Waals surface area contributed by atoms with Crippen molar-refractivity contribution in [3.63, 3.8) is 0 Å². The van der Waals surface area contributed by atoms with E-state index in [1.807, 2.05) is 0 Å². The third-order valence-electron chi connectivity index (χ3n) is 1.87. The van der Waals surface area contributed by atoms with Crippen LogP contribution in [0.3, 0.4) is 0 Å². The monoisotopic (exact) mass is 234 g/mol. The van der Waals surface area contributed by atoms with Crippen LogP contribution in [0.15, 0.2) is 0 Å². The lowest BCUT2D eigenvalue weighted by molar-refractivity contribution is -0.121. The number of nitrogens with one attached hydrogen (secondary N) is 1. The van der Waals surface area contributed by atoms with E-state index >= 15 is 0 Å². The third-order valence-corrected chi connectivity index (χ3v) is 3.18. The molecule has 0 bridgehead atoms. The highest BCUT2D eigenvalue weighted by atomic mass is 32.2. The van der Waals surface area contributed by atoms with Gasteiger partial charge < -0.3 is 5.73 Å². The number of carbonyl (C=O) groups excluding carboxylic acids is 1. The Hall–Kier alpha value is -0.160. The van der Waals surface area contributed by atoms with Gasteiger partial charge in [-0.1, -0.05) is 6.92 Å². The maximum atomic E-state index is 10.3. The fraction of sp³-hybridized carbons (Fsp3) is 0.778. The van der Waals surface area contributed by atoms with Gasteiger partial charge in [-0.25, -0.2) is 0 Å². The average Bonchev–Trinajstić information content (AvgIpc) is 2.57. The minimum atomic E-state index is -0.237. The predicted octanol–water partition coefficient (Wildman–Crippen LogP) is 1.92. The van der Waals surface area contributed by atoms with Gasteiger partial charge in [-0.15, -0.1) is 11.8 Å². The van der Waals surface area contributed by atoms with E-state index in [2.05, 4.69) is 12.6 Å². The van der Waals surface area contributed by atoms with Crippen LogP contribution in [0.25, 0.3) is 0 Å². The SMILES string of the molecule is CC(CCS)C(N)=O.N=C1CCCS1. The molecule has 1 atom stereocenters. The fourth-order valence-electron chi connectivity index (χ4n) is 0.836. The Labute approximate surface area is 95.1 Å². The number of carbonyl (C=O) groups is 1. The van der Waals surface area contributed by atoms with Gasteiger partial charge in [0, 0.05) is 5.92 Å². The van der Waals surface area contributed by atoms with Gasteiger partial charge >= 0.3 is 0 Å². The normalized spacial score (nSPS) is 17.1. The zero-order chi connectivity index (χ0) is 11.0. The van der Waals surface area contributed by atoms with Crippen LogP contribution in [0.5, 0.6) is 0 Å². The van der Waals surface area contributed by atoms with Crippen molar-refractivity contribution in [1.29, 1.82) is 5.41 Å². The molecule has 1 rings (SSSR count). The van der Waals surface area contributed by atoms with Gasteiger partial charge in [0.25, 0.3) is 0 Å². The maximum absolute atomic E-state index is 10.3. The van der Waals surface area contributed by atoms with E-state index in [4.69, 9.17) is 11.1 Å². The molecular formula is C9H18N2OS2. The summed E-state index contributed by atoms with van der Waals surface area (Å²) in [6.07, 6.45) is 3.03. The molecule has 0 spiro atoms. The third kappa shape index (κ3) is 7.26. The van der Waals surface area contributed by atoms with Crippen LogP contribution in [0.4, 0.5) is 0 Å². The Morgan fingerprint density at radius 1 is 1.79 bits per heavy atom. The molecule has 1 heterocycles. The zero-order valence-corrected chi connectivity index (χ0v) is 10.2. The van der Waals surface area contributed by atoms with Gasteiger partial charge in [-0.05, 0) is 30.8 Å². The summed E-state index contributed by atoms with van der Waals surface area (Å²) in [5.74, 6) is 1.65. The smallest absolute Gasteiger partial charge is 0.220 e. The zero-order valence-electron chi connectivity index (χ0n) is 8.45. The van der Waals surface area contributed by atoms with Crippen LogP contribution in [0, 0.1) is 11.3 Å². The fourth-order valence-corrected chi connectivity index (χ4v) is 2.05.